The van der Waals surface area contributed by atoms with Crippen molar-refractivity contribution in [3.63, 3.8) is 0 Å². The molecule has 1 amide bonds. The van der Waals surface area contributed by atoms with E-state index in [-0.39, 0.29) is 11.5 Å². The van der Waals surface area contributed by atoms with Crippen molar-refractivity contribution in [2.45, 2.75) is 20.3 Å². The molecule has 0 unspecified atom stereocenters. The largest absolute Gasteiger partial charge is 0.297 e. The average molecular weight is 358 g/mol. The van der Waals surface area contributed by atoms with Crippen molar-refractivity contribution in [2.75, 3.05) is 5.01 Å². The molecule has 27 heavy (non-hydrogen) atoms. The van der Waals surface area contributed by atoms with Gasteiger partial charge in [-0.1, -0.05) is 49.4 Å². The Hall–Kier alpha value is -3.54. The van der Waals surface area contributed by atoms with Crippen LogP contribution in [0.4, 0.5) is 0 Å². The molecule has 0 atom stereocenters. The van der Waals surface area contributed by atoms with E-state index in [1.54, 1.807) is 31.2 Å². The molecule has 134 valence electrons. The summed E-state index contributed by atoms with van der Waals surface area (Å²) in [5.74, 6) is 0.615. The number of nitrogens with zero attached hydrogens (tertiary/aromatic N) is 4. The van der Waals surface area contributed by atoms with Gasteiger partial charge in [-0.2, -0.15) is 9.69 Å². The maximum Gasteiger partial charge on any atom is 0.297 e. The predicted molar refractivity (Wildman–Crippen MR) is 106 cm³/mol. The Bertz CT molecular complexity index is 1160. The summed E-state index contributed by atoms with van der Waals surface area (Å²) in [6.45, 7) is 3.62. The third kappa shape index (κ3) is 2.85. The number of rotatable bonds is 3. The minimum absolute atomic E-state index is 0.277. The zero-order valence-electron chi connectivity index (χ0n) is 15.1. The van der Waals surface area contributed by atoms with Crippen molar-refractivity contribution in [2.24, 2.45) is 4.99 Å². The normalized spacial score (nSPS) is 15.6. The van der Waals surface area contributed by atoms with Gasteiger partial charge in [0, 0.05) is 6.42 Å². The standard InChI is InChI=1S/C21H18N4O2/c1-3-19-23-17-12-8-7-11-16(17)20(26)25(19)24-14(2)22-18(21(24)27)13-15-9-5-4-6-10-15/h4-13H,3H2,1-2H3/b18-13-. The monoisotopic (exact) mass is 358 g/mol. The number of amidine groups is 1. The van der Waals surface area contributed by atoms with Crippen molar-refractivity contribution in [1.82, 2.24) is 9.66 Å². The first-order valence-corrected chi connectivity index (χ1v) is 8.77. The van der Waals surface area contributed by atoms with Gasteiger partial charge in [0.15, 0.2) is 0 Å². The second-order valence-electron chi connectivity index (χ2n) is 6.23. The highest BCUT2D eigenvalue weighted by Crippen LogP contribution is 2.18. The lowest BCUT2D eigenvalue weighted by Gasteiger charge is -2.21. The summed E-state index contributed by atoms with van der Waals surface area (Å²) in [5.41, 5.74) is 1.51. The summed E-state index contributed by atoms with van der Waals surface area (Å²) >= 11 is 0. The zero-order valence-corrected chi connectivity index (χ0v) is 15.1. The maximum absolute atomic E-state index is 13.1. The van der Waals surface area contributed by atoms with E-state index in [1.165, 1.54) is 9.69 Å². The summed E-state index contributed by atoms with van der Waals surface area (Å²) in [5, 5.41) is 1.78. The SMILES string of the molecule is CCc1nc2ccccc2c(=O)n1N1C(=O)/C(=C/c2ccccc2)N=C1C. The Labute approximate surface area is 156 Å². The number of carbonyl (C=O) groups excluding carboxylic acids is 1. The van der Waals surface area contributed by atoms with Crippen molar-refractivity contribution < 1.29 is 4.79 Å². The van der Waals surface area contributed by atoms with Gasteiger partial charge in [0.25, 0.3) is 11.5 Å². The Morgan fingerprint density at radius 1 is 1.00 bits per heavy atom. The maximum atomic E-state index is 13.1. The summed E-state index contributed by atoms with van der Waals surface area (Å²) in [4.78, 5) is 35.1. The number of hydrogen-bond acceptors (Lipinski definition) is 4. The Morgan fingerprint density at radius 3 is 2.44 bits per heavy atom. The van der Waals surface area contributed by atoms with Gasteiger partial charge in [0.1, 0.15) is 17.4 Å². The first-order chi connectivity index (χ1) is 13.1. The molecule has 0 fully saturated rings. The molecule has 0 aliphatic carbocycles. The smallest absolute Gasteiger partial charge is 0.267 e. The summed E-state index contributed by atoms with van der Waals surface area (Å²) in [6.07, 6.45) is 2.23. The number of aromatic nitrogens is 2. The van der Waals surface area contributed by atoms with E-state index in [9.17, 15) is 9.59 Å². The van der Waals surface area contributed by atoms with Gasteiger partial charge < -0.3 is 0 Å². The molecule has 2 aromatic carbocycles. The average Bonchev–Trinajstić information content (AvgIpc) is 2.96. The molecule has 4 rings (SSSR count). The fraction of sp³-hybridized carbons (Fsp3) is 0.143. The van der Waals surface area contributed by atoms with Crippen molar-refractivity contribution in [3.05, 3.63) is 82.0 Å². The predicted octanol–water partition coefficient (Wildman–Crippen LogP) is 2.90. The molecule has 3 aromatic rings. The van der Waals surface area contributed by atoms with E-state index in [4.69, 9.17) is 0 Å². The molecule has 0 radical (unpaired) electrons. The van der Waals surface area contributed by atoms with Crippen LogP contribution in [0.25, 0.3) is 17.0 Å². The lowest BCUT2D eigenvalue weighted by atomic mass is 10.2. The topological polar surface area (TPSA) is 67.6 Å². The minimum Gasteiger partial charge on any atom is -0.267 e. The van der Waals surface area contributed by atoms with Gasteiger partial charge in [-0.15, -0.1) is 0 Å². The minimum atomic E-state index is -0.342. The Morgan fingerprint density at radius 2 is 1.70 bits per heavy atom. The van der Waals surface area contributed by atoms with Gasteiger partial charge in [-0.25, -0.2) is 9.98 Å². The van der Waals surface area contributed by atoms with Crippen molar-refractivity contribution >= 4 is 28.7 Å². The number of amides is 1. The van der Waals surface area contributed by atoms with Crippen molar-refractivity contribution in [1.29, 1.82) is 0 Å². The van der Waals surface area contributed by atoms with Crippen LogP contribution < -0.4 is 10.6 Å². The van der Waals surface area contributed by atoms with Crippen LogP contribution in [0.3, 0.4) is 0 Å². The lowest BCUT2D eigenvalue weighted by molar-refractivity contribution is -0.115. The first-order valence-electron chi connectivity index (χ1n) is 8.77. The summed E-state index contributed by atoms with van der Waals surface area (Å²) in [6, 6.07) is 16.6. The zero-order chi connectivity index (χ0) is 19.0. The number of fused-ring (bicyclic) bond motifs is 1. The second-order valence-corrected chi connectivity index (χ2v) is 6.23. The molecule has 0 spiro atoms. The highest BCUT2D eigenvalue weighted by atomic mass is 16.2. The molecule has 6 nitrogen and oxygen atoms in total. The third-order valence-corrected chi connectivity index (χ3v) is 4.44. The van der Waals surface area contributed by atoms with Crippen LogP contribution in [0.2, 0.25) is 0 Å². The van der Waals surface area contributed by atoms with Gasteiger partial charge in [-0.3, -0.25) is 9.59 Å². The van der Waals surface area contributed by atoms with E-state index in [1.807, 2.05) is 43.3 Å². The van der Waals surface area contributed by atoms with Crippen LogP contribution in [-0.2, 0) is 11.2 Å². The van der Waals surface area contributed by atoms with Gasteiger partial charge in [-0.05, 0) is 30.7 Å². The highest BCUT2D eigenvalue weighted by molar-refractivity contribution is 6.23. The first kappa shape index (κ1) is 16.9. The van der Waals surface area contributed by atoms with Crippen LogP contribution in [0.15, 0.2) is 70.1 Å². The molecule has 1 aliphatic rings. The van der Waals surface area contributed by atoms with E-state index in [0.717, 1.165) is 5.56 Å². The van der Waals surface area contributed by atoms with E-state index >= 15 is 0 Å². The molecule has 0 saturated carbocycles. The van der Waals surface area contributed by atoms with E-state index in [2.05, 4.69) is 9.98 Å². The molecule has 6 heteroatoms. The van der Waals surface area contributed by atoms with Crippen LogP contribution in [0.1, 0.15) is 25.2 Å². The highest BCUT2D eigenvalue weighted by Gasteiger charge is 2.32. The number of carbonyl (C=O) groups is 1. The third-order valence-electron chi connectivity index (χ3n) is 4.44. The van der Waals surface area contributed by atoms with Crippen molar-refractivity contribution in [3.8, 4) is 0 Å². The van der Waals surface area contributed by atoms with Crippen LogP contribution in [0, 0.1) is 0 Å². The van der Waals surface area contributed by atoms with Gasteiger partial charge in [0.2, 0.25) is 0 Å². The fourth-order valence-corrected chi connectivity index (χ4v) is 3.17. The lowest BCUT2D eigenvalue weighted by Crippen LogP contribution is -2.48. The van der Waals surface area contributed by atoms with E-state index < -0.39 is 0 Å². The molecule has 0 saturated heterocycles. The Balaban J connectivity index is 1.86. The summed E-state index contributed by atoms with van der Waals surface area (Å²) < 4.78 is 1.34. The molecule has 2 heterocycles. The Kier molecular flexibility index (Phi) is 4.16. The van der Waals surface area contributed by atoms with E-state index in [0.29, 0.717) is 34.7 Å². The summed E-state index contributed by atoms with van der Waals surface area (Å²) in [7, 11) is 0. The number of benzene rings is 2. The molecule has 0 bridgehead atoms. The van der Waals surface area contributed by atoms with Crippen LogP contribution in [0.5, 0.6) is 0 Å². The van der Waals surface area contributed by atoms with Crippen LogP contribution in [-0.4, -0.2) is 21.4 Å². The molecule has 1 aromatic heterocycles. The molecule has 1 aliphatic heterocycles. The number of aliphatic imine (C=N–C) groups is 1. The van der Waals surface area contributed by atoms with Crippen LogP contribution >= 0.6 is 0 Å². The fourth-order valence-electron chi connectivity index (χ4n) is 3.17. The number of aryl methyl sites for hydroxylation is 1. The number of para-hydroxylation sites is 1. The molecular weight excluding hydrogens is 340 g/mol. The second kappa shape index (κ2) is 6.64. The van der Waals surface area contributed by atoms with Gasteiger partial charge >= 0.3 is 0 Å². The molecule has 0 N–H and O–H groups in total. The number of hydrogen-bond donors (Lipinski definition) is 0. The molecular formula is C21H18N4O2. The quantitative estimate of drug-likeness (QED) is 0.676. The van der Waals surface area contributed by atoms with Gasteiger partial charge in [0.05, 0.1) is 10.9 Å².